The van der Waals surface area contributed by atoms with Crippen LogP contribution >= 0.6 is 0 Å². The van der Waals surface area contributed by atoms with Crippen LogP contribution in [0.5, 0.6) is 0 Å². The van der Waals surface area contributed by atoms with Gasteiger partial charge in [0.05, 0.1) is 11.9 Å². The summed E-state index contributed by atoms with van der Waals surface area (Å²) in [5.74, 6) is 0.578. The van der Waals surface area contributed by atoms with Gasteiger partial charge in [-0.3, -0.25) is 4.79 Å². The van der Waals surface area contributed by atoms with E-state index in [4.69, 9.17) is 0 Å². The number of hydrogen-bond acceptors (Lipinski definition) is 3. The predicted molar refractivity (Wildman–Crippen MR) is 86.6 cm³/mol. The van der Waals surface area contributed by atoms with Gasteiger partial charge in [-0.05, 0) is 24.8 Å². The summed E-state index contributed by atoms with van der Waals surface area (Å²) in [5, 5.41) is 0. The number of aromatic nitrogens is 3. The Kier molecular flexibility index (Phi) is 4.14. The number of carbonyl (C=O) groups excluding carboxylic acids is 1. The molecule has 0 aromatic carbocycles. The molecule has 0 bridgehead atoms. The van der Waals surface area contributed by atoms with Crippen LogP contribution in [0.1, 0.15) is 49.9 Å². The van der Waals surface area contributed by atoms with Gasteiger partial charge in [0.25, 0.3) is 5.91 Å². The van der Waals surface area contributed by atoms with E-state index in [1.165, 1.54) is 12.8 Å². The van der Waals surface area contributed by atoms with E-state index in [-0.39, 0.29) is 5.91 Å². The van der Waals surface area contributed by atoms with Crippen molar-refractivity contribution in [2.75, 3.05) is 6.54 Å². The fourth-order valence-corrected chi connectivity index (χ4v) is 3.38. The van der Waals surface area contributed by atoms with Gasteiger partial charge in [-0.15, -0.1) is 0 Å². The highest BCUT2D eigenvalue weighted by Gasteiger charge is 2.28. The number of nitrogens with zero attached hydrogens (tertiary/aromatic N) is 4. The van der Waals surface area contributed by atoms with E-state index in [0.29, 0.717) is 17.5 Å². The van der Waals surface area contributed by atoms with E-state index in [0.717, 1.165) is 30.6 Å². The maximum Gasteiger partial charge on any atom is 0.255 e. The molecule has 0 N–H and O–H groups in total. The smallest absolute Gasteiger partial charge is 0.255 e. The van der Waals surface area contributed by atoms with Crippen LogP contribution in [0, 0.1) is 5.92 Å². The molecule has 3 heterocycles. The van der Waals surface area contributed by atoms with Crippen molar-refractivity contribution in [2.45, 2.75) is 45.6 Å². The number of likely N-dealkylation sites (tertiary alicyclic amines) is 1. The molecule has 1 saturated heterocycles. The van der Waals surface area contributed by atoms with E-state index in [1.807, 2.05) is 17.7 Å². The van der Waals surface area contributed by atoms with Gasteiger partial charge < -0.3 is 9.47 Å². The molecule has 0 radical (unpaired) electrons. The Hall–Kier alpha value is -1.91. The summed E-state index contributed by atoms with van der Waals surface area (Å²) in [6.45, 7) is 5.26. The van der Waals surface area contributed by atoms with Gasteiger partial charge in [0.2, 0.25) is 0 Å². The largest absolute Gasteiger partial charge is 0.335 e. The molecule has 1 atom stereocenters. The fourth-order valence-electron chi connectivity index (χ4n) is 3.38. The first-order chi connectivity index (χ1) is 10.6. The van der Waals surface area contributed by atoms with Gasteiger partial charge in [-0.25, -0.2) is 9.97 Å². The quantitative estimate of drug-likeness (QED) is 0.856. The molecule has 1 aliphatic heterocycles. The molecule has 3 rings (SSSR count). The summed E-state index contributed by atoms with van der Waals surface area (Å²) < 4.78 is 1.87. The first kappa shape index (κ1) is 15.0. The highest BCUT2D eigenvalue weighted by atomic mass is 16.2. The van der Waals surface area contributed by atoms with Crippen LogP contribution in [0.15, 0.2) is 18.6 Å². The van der Waals surface area contributed by atoms with Crippen LogP contribution in [0.2, 0.25) is 0 Å². The van der Waals surface area contributed by atoms with Gasteiger partial charge in [0, 0.05) is 25.8 Å². The van der Waals surface area contributed by atoms with E-state index in [2.05, 4.69) is 28.7 Å². The molecular weight excluding hydrogens is 276 g/mol. The molecule has 0 spiro atoms. The number of rotatable bonds is 2. The summed E-state index contributed by atoms with van der Waals surface area (Å²) in [6, 6.07) is 2.20. The molecule has 0 saturated carbocycles. The van der Waals surface area contributed by atoms with Gasteiger partial charge in [0.15, 0.2) is 5.65 Å². The third-order valence-corrected chi connectivity index (χ3v) is 4.63. The van der Waals surface area contributed by atoms with Crippen molar-refractivity contribution in [3.05, 3.63) is 24.2 Å². The molecule has 22 heavy (non-hydrogen) atoms. The number of hydrogen-bond donors (Lipinski definition) is 0. The molecule has 118 valence electrons. The standard InChI is InChI=1S/C17H24N4O/c1-12(2)15-7-5-4-6-8-21(15)17(22)13-9-14-16(18-10-13)20(3)11-19-14/h9-12,15H,4-8H2,1-3H3. The van der Waals surface area contributed by atoms with Crippen LogP contribution in [0.25, 0.3) is 11.2 Å². The second-order valence-corrected chi connectivity index (χ2v) is 6.58. The Bertz CT molecular complexity index is 676. The molecule has 2 aromatic heterocycles. The average molecular weight is 300 g/mol. The van der Waals surface area contributed by atoms with Crippen LogP contribution in [0.4, 0.5) is 0 Å². The summed E-state index contributed by atoms with van der Waals surface area (Å²) in [7, 11) is 1.91. The molecular formula is C17H24N4O. The van der Waals surface area contributed by atoms with Crippen molar-refractivity contribution in [3.8, 4) is 0 Å². The topological polar surface area (TPSA) is 51.0 Å². The van der Waals surface area contributed by atoms with Crippen molar-refractivity contribution < 1.29 is 4.79 Å². The molecule has 5 nitrogen and oxygen atoms in total. The average Bonchev–Trinajstić information content (AvgIpc) is 2.74. The van der Waals surface area contributed by atoms with Crippen molar-refractivity contribution in [3.63, 3.8) is 0 Å². The van der Waals surface area contributed by atoms with Crippen LogP contribution in [0.3, 0.4) is 0 Å². The fraction of sp³-hybridized carbons (Fsp3) is 0.588. The summed E-state index contributed by atoms with van der Waals surface area (Å²) in [4.78, 5) is 23.7. The number of amides is 1. The normalized spacial score (nSPS) is 19.6. The zero-order valence-electron chi connectivity index (χ0n) is 13.6. The first-order valence-electron chi connectivity index (χ1n) is 8.16. The number of carbonyl (C=O) groups is 1. The third-order valence-electron chi connectivity index (χ3n) is 4.63. The van der Waals surface area contributed by atoms with Crippen LogP contribution in [-0.4, -0.2) is 37.9 Å². The monoisotopic (exact) mass is 300 g/mol. The summed E-state index contributed by atoms with van der Waals surface area (Å²) in [5.41, 5.74) is 2.25. The second-order valence-electron chi connectivity index (χ2n) is 6.58. The minimum atomic E-state index is 0.0978. The molecule has 2 aromatic rings. The van der Waals surface area contributed by atoms with Gasteiger partial charge in [-0.2, -0.15) is 0 Å². The summed E-state index contributed by atoms with van der Waals surface area (Å²) >= 11 is 0. The van der Waals surface area contributed by atoms with Gasteiger partial charge >= 0.3 is 0 Å². The van der Waals surface area contributed by atoms with E-state index in [1.54, 1.807) is 12.5 Å². The Labute approximate surface area is 131 Å². The number of imidazole rings is 1. The van der Waals surface area contributed by atoms with E-state index in [9.17, 15) is 4.79 Å². The van der Waals surface area contributed by atoms with E-state index >= 15 is 0 Å². The first-order valence-corrected chi connectivity index (χ1v) is 8.16. The lowest BCUT2D eigenvalue weighted by molar-refractivity contribution is 0.0631. The van der Waals surface area contributed by atoms with Crippen LogP contribution < -0.4 is 0 Å². The van der Waals surface area contributed by atoms with E-state index < -0.39 is 0 Å². The van der Waals surface area contributed by atoms with Gasteiger partial charge in [-0.1, -0.05) is 26.7 Å². The van der Waals surface area contributed by atoms with Crippen molar-refractivity contribution in [1.82, 2.24) is 19.4 Å². The highest BCUT2D eigenvalue weighted by molar-refractivity contribution is 5.96. The summed E-state index contributed by atoms with van der Waals surface area (Å²) in [6.07, 6.45) is 8.04. The highest BCUT2D eigenvalue weighted by Crippen LogP contribution is 2.24. The zero-order valence-corrected chi connectivity index (χ0v) is 13.6. The second kappa shape index (κ2) is 6.07. The minimum absolute atomic E-state index is 0.0978. The molecule has 1 aliphatic rings. The number of aryl methyl sites for hydroxylation is 1. The number of fused-ring (bicyclic) bond motifs is 1. The molecule has 1 amide bonds. The Morgan fingerprint density at radius 3 is 2.86 bits per heavy atom. The molecule has 5 heteroatoms. The number of pyridine rings is 1. The predicted octanol–water partition coefficient (Wildman–Crippen LogP) is 3.01. The van der Waals surface area contributed by atoms with Gasteiger partial charge in [0.1, 0.15) is 5.52 Å². The molecule has 0 aliphatic carbocycles. The molecule has 1 fully saturated rings. The van der Waals surface area contributed by atoms with Crippen molar-refractivity contribution in [2.24, 2.45) is 13.0 Å². The lowest BCUT2D eigenvalue weighted by Gasteiger charge is -2.33. The Morgan fingerprint density at radius 1 is 1.27 bits per heavy atom. The Balaban J connectivity index is 1.92. The zero-order chi connectivity index (χ0) is 15.7. The lowest BCUT2D eigenvalue weighted by Crippen LogP contribution is -2.42. The van der Waals surface area contributed by atoms with Crippen molar-refractivity contribution >= 4 is 17.1 Å². The van der Waals surface area contributed by atoms with Crippen LogP contribution in [-0.2, 0) is 7.05 Å². The SMILES string of the molecule is CC(C)C1CCCCCN1C(=O)c1cnc2c(c1)ncn2C. The molecule has 1 unspecified atom stereocenters. The van der Waals surface area contributed by atoms with Crippen molar-refractivity contribution in [1.29, 1.82) is 0 Å². The lowest BCUT2D eigenvalue weighted by atomic mass is 9.97. The third kappa shape index (κ3) is 2.72. The minimum Gasteiger partial charge on any atom is -0.335 e. The Morgan fingerprint density at radius 2 is 2.09 bits per heavy atom. The maximum atomic E-state index is 13.0. The maximum absolute atomic E-state index is 13.0.